The van der Waals surface area contributed by atoms with Crippen molar-refractivity contribution in [1.82, 2.24) is 0 Å². The van der Waals surface area contributed by atoms with Crippen LogP contribution in [0.2, 0.25) is 0 Å². The van der Waals surface area contributed by atoms with E-state index in [0.29, 0.717) is 35.5 Å². The van der Waals surface area contributed by atoms with Crippen LogP contribution in [-0.4, -0.2) is 28.2 Å². The number of aliphatic hydroxyl groups is 2. The Balaban J connectivity index is 1.64. The molecule has 0 spiro atoms. The Morgan fingerprint density at radius 1 is 0.955 bits per heavy atom. The van der Waals surface area contributed by atoms with Crippen molar-refractivity contribution in [3.63, 3.8) is 0 Å². The maximum absolute atomic E-state index is 12.1. The first-order chi connectivity index (χ1) is 10.4. The third-order valence-electron chi connectivity index (χ3n) is 8.43. The van der Waals surface area contributed by atoms with E-state index < -0.39 is 6.10 Å². The van der Waals surface area contributed by atoms with Crippen LogP contribution in [0.25, 0.3) is 0 Å². The van der Waals surface area contributed by atoms with Crippen LogP contribution >= 0.6 is 0 Å². The van der Waals surface area contributed by atoms with Crippen LogP contribution in [0, 0.1) is 34.5 Å². The maximum atomic E-state index is 12.1. The Bertz CT molecular complexity index is 489. The molecule has 0 aliphatic heterocycles. The fraction of sp³-hybridized carbons (Fsp3) is 0.947. The molecule has 0 heterocycles. The van der Waals surface area contributed by atoms with Crippen LogP contribution in [0.5, 0.6) is 0 Å². The van der Waals surface area contributed by atoms with E-state index >= 15 is 0 Å². The van der Waals surface area contributed by atoms with Gasteiger partial charge in [-0.15, -0.1) is 0 Å². The average Bonchev–Trinajstić information content (AvgIpc) is 2.72. The highest BCUT2D eigenvalue weighted by Gasteiger charge is 2.62. The quantitative estimate of drug-likeness (QED) is 0.723. The Labute approximate surface area is 133 Å². The van der Waals surface area contributed by atoms with E-state index in [9.17, 15) is 15.0 Å². The molecule has 4 aliphatic carbocycles. The van der Waals surface area contributed by atoms with Gasteiger partial charge in [0.05, 0.1) is 6.10 Å². The van der Waals surface area contributed by atoms with Gasteiger partial charge in [-0.3, -0.25) is 4.79 Å². The predicted octanol–water partition coefficient (Wildman–Crippen LogP) is 2.93. The number of fused-ring (bicyclic) bond motifs is 5. The molecule has 4 aliphatic rings. The highest BCUT2D eigenvalue weighted by Crippen LogP contribution is 2.65. The largest absolute Gasteiger partial charge is 0.393 e. The Morgan fingerprint density at radius 2 is 1.68 bits per heavy atom. The maximum Gasteiger partial charge on any atom is 0.162 e. The number of ketones is 1. The van der Waals surface area contributed by atoms with Crippen molar-refractivity contribution in [2.75, 3.05) is 0 Å². The van der Waals surface area contributed by atoms with Crippen molar-refractivity contribution in [1.29, 1.82) is 0 Å². The van der Waals surface area contributed by atoms with Gasteiger partial charge in [0.25, 0.3) is 0 Å². The molecule has 3 nitrogen and oxygen atoms in total. The second-order valence-corrected chi connectivity index (χ2v) is 9.20. The monoisotopic (exact) mass is 306 g/mol. The van der Waals surface area contributed by atoms with Crippen molar-refractivity contribution < 1.29 is 15.0 Å². The van der Waals surface area contributed by atoms with Gasteiger partial charge in [-0.2, -0.15) is 0 Å². The first-order valence-electron chi connectivity index (χ1n) is 9.25. The average molecular weight is 306 g/mol. The van der Waals surface area contributed by atoms with E-state index in [1.165, 1.54) is 12.8 Å². The predicted molar refractivity (Wildman–Crippen MR) is 84.1 cm³/mol. The SMILES string of the molecule is C[C@@]12CC[C@@H]3[C@H](CC[C@H]4C[C@@H](O)CC[C@]43C)[C@H]1CC(=O)[C@H]2O. The normalized spacial score (nSPS) is 57.9. The summed E-state index contributed by atoms with van der Waals surface area (Å²) in [5.74, 6) is 2.42. The molecule has 0 unspecified atom stereocenters. The molecular formula is C19H30O3. The number of Topliss-reactive ketones (excluding diaryl/α,β-unsaturated/α-hetero) is 1. The molecule has 2 N–H and O–H groups in total. The summed E-state index contributed by atoms with van der Waals surface area (Å²) in [5.41, 5.74) is 0.176. The molecule has 0 radical (unpaired) electrons. The number of carbonyl (C=O) groups excluding carboxylic acids is 1. The molecule has 0 bridgehead atoms. The summed E-state index contributed by atoms with van der Waals surface area (Å²) in [7, 11) is 0. The fourth-order valence-electron chi connectivity index (χ4n) is 7.00. The minimum absolute atomic E-state index is 0.0829. The van der Waals surface area contributed by atoms with Gasteiger partial charge in [-0.1, -0.05) is 13.8 Å². The van der Waals surface area contributed by atoms with Crippen molar-refractivity contribution >= 4 is 5.78 Å². The lowest BCUT2D eigenvalue weighted by Crippen LogP contribution is -2.54. The summed E-state index contributed by atoms with van der Waals surface area (Å²) in [4.78, 5) is 12.1. The molecule has 22 heavy (non-hydrogen) atoms. The lowest BCUT2D eigenvalue weighted by Gasteiger charge is -2.60. The molecule has 0 aromatic carbocycles. The summed E-state index contributed by atoms with van der Waals surface area (Å²) in [6, 6.07) is 0. The van der Waals surface area contributed by atoms with Crippen molar-refractivity contribution in [3.05, 3.63) is 0 Å². The summed E-state index contributed by atoms with van der Waals surface area (Å²) < 4.78 is 0. The standard InChI is InChI=1S/C19H30O3/c1-18-7-5-12(20)9-11(18)3-4-13-14(18)6-8-19(2)15(13)10-16(21)17(19)22/h11-15,17,20,22H,3-10H2,1-2H3/t11-,12-,13-,14+,15+,17+,18+,19+/m0/s1. The molecule has 4 fully saturated rings. The van der Waals surface area contributed by atoms with Crippen LogP contribution in [0.15, 0.2) is 0 Å². The van der Waals surface area contributed by atoms with E-state index in [0.717, 1.165) is 32.1 Å². The first-order valence-corrected chi connectivity index (χ1v) is 9.25. The number of hydrogen-bond acceptors (Lipinski definition) is 3. The number of aliphatic hydroxyl groups excluding tert-OH is 2. The second kappa shape index (κ2) is 4.80. The molecule has 3 heteroatoms. The van der Waals surface area contributed by atoms with Gasteiger partial charge in [0.1, 0.15) is 6.10 Å². The summed E-state index contributed by atoms with van der Waals surface area (Å²) >= 11 is 0. The smallest absolute Gasteiger partial charge is 0.162 e. The number of carbonyl (C=O) groups is 1. The first kappa shape index (κ1) is 15.1. The van der Waals surface area contributed by atoms with Gasteiger partial charge >= 0.3 is 0 Å². The van der Waals surface area contributed by atoms with Gasteiger partial charge < -0.3 is 10.2 Å². The zero-order chi connectivity index (χ0) is 15.7. The van der Waals surface area contributed by atoms with Gasteiger partial charge in [-0.05, 0) is 74.0 Å². The van der Waals surface area contributed by atoms with Crippen molar-refractivity contribution in [3.8, 4) is 0 Å². The van der Waals surface area contributed by atoms with E-state index in [-0.39, 0.29) is 17.3 Å². The van der Waals surface area contributed by atoms with E-state index in [1.807, 2.05) is 0 Å². The molecule has 0 amide bonds. The second-order valence-electron chi connectivity index (χ2n) is 9.20. The van der Waals surface area contributed by atoms with Crippen LogP contribution < -0.4 is 0 Å². The van der Waals surface area contributed by atoms with Gasteiger partial charge in [0, 0.05) is 11.8 Å². The van der Waals surface area contributed by atoms with E-state index in [2.05, 4.69) is 13.8 Å². The van der Waals surface area contributed by atoms with Crippen molar-refractivity contribution in [2.45, 2.75) is 77.4 Å². The Hall–Kier alpha value is -0.410. The lowest BCUT2D eigenvalue weighted by molar-refractivity contribution is -0.138. The number of hydrogen-bond donors (Lipinski definition) is 2. The molecule has 0 saturated heterocycles. The Kier molecular flexibility index (Phi) is 3.30. The van der Waals surface area contributed by atoms with E-state index in [1.54, 1.807) is 0 Å². The van der Waals surface area contributed by atoms with Gasteiger partial charge in [0.2, 0.25) is 0 Å². The summed E-state index contributed by atoms with van der Waals surface area (Å²) in [5, 5.41) is 20.4. The van der Waals surface area contributed by atoms with E-state index in [4.69, 9.17) is 0 Å². The van der Waals surface area contributed by atoms with Gasteiger partial charge in [0.15, 0.2) is 5.78 Å². The van der Waals surface area contributed by atoms with Crippen LogP contribution in [0.1, 0.15) is 65.2 Å². The topological polar surface area (TPSA) is 57.5 Å². The van der Waals surface area contributed by atoms with Crippen LogP contribution in [0.3, 0.4) is 0 Å². The van der Waals surface area contributed by atoms with Crippen molar-refractivity contribution in [2.24, 2.45) is 34.5 Å². The fourth-order valence-corrected chi connectivity index (χ4v) is 7.00. The zero-order valence-corrected chi connectivity index (χ0v) is 13.9. The summed E-state index contributed by atoms with van der Waals surface area (Å²) in [6.07, 6.45) is 7.38. The van der Waals surface area contributed by atoms with Gasteiger partial charge in [-0.25, -0.2) is 0 Å². The highest BCUT2D eigenvalue weighted by atomic mass is 16.3. The number of rotatable bonds is 0. The van der Waals surface area contributed by atoms with Crippen LogP contribution in [-0.2, 0) is 4.79 Å². The molecule has 124 valence electrons. The van der Waals surface area contributed by atoms with Crippen LogP contribution in [0.4, 0.5) is 0 Å². The minimum Gasteiger partial charge on any atom is -0.393 e. The molecular weight excluding hydrogens is 276 g/mol. The molecule has 4 saturated carbocycles. The highest BCUT2D eigenvalue weighted by molar-refractivity contribution is 5.86. The summed E-state index contributed by atoms with van der Waals surface area (Å²) in [6.45, 7) is 4.61. The molecule has 8 atom stereocenters. The zero-order valence-electron chi connectivity index (χ0n) is 13.9. The molecule has 0 aromatic rings. The molecule has 0 aromatic heterocycles. The Morgan fingerprint density at radius 3 is 2.45 bits per heavy atom. The third-order valence-corrected chi connectivity index (χ3v) is 8.43. The third kappa shape index (κ3) is 1.84. The molecule has 4 rings (SSSR count). The lowest BCUT2D eigenvalue weighted by atomic mass is 9.45. The minimum atomic E-state index is -0.725.